The number of hydrogen-bond donors (Lipinski definition) is 0. The van der Waals surface area contributed by atoms with Crippen LogP contribution in [0, 0.1) is 10.1 Å². The molecule has 0 radical (unpaired) electrons. The molecule has 7 heteroatoms. The molecule has 2 heterocycles. The molecule has 156 valence electrons. The second-order valence-corrected chi connectivity index (χ2v) is 7.16. The largest absolute Gasteiger partial charge is 0.467 e. The van der Waals surface area contributed by atoms with Crippen molar-refractivity contribution >= 4 is 11.6 Å². The van der Waals surface area contributed by atoms with E-state index < -0.39 is 4.92 Å². The number of rotatable bonds is 8. The van der Waals surface area contributed by atoms with Crippen LogP contribution in [0.1, 0.15) is 27.4 Å². The molecule has 0 aliphatic heterocycles. The third kappa shape index (κ3) is 4.90. The van der Waals surface area contributed by atoms with Gasteiger partial charge in [-0.15, -0.1) is 0 Å². The Kier molecular flexibility index (Phi) is 5.93. The topological polar surface area (TPSA) is 81.5 Å². The second-order valence-electron chi connectivity index (χ2n) is 7.16. The molecule has 0 fully saturated rings. The SMILES string of the molecule is O=C(c1ccc([N+](=O)[O-])cc1)N(Cc1ccco1)Cc1cccn1Cc1ccccc1. The fourth-order valence-corrected chi connectivity index (χ4v) is 3.42. The lowest BCUT2D eigenvalue weighted by molar-refractivity contribution is -0.384. The Morgan fingerprint density at radius 1 is 0.935 bits per heavy atom. The van der Waals surface area contributed by atoms with Crippen molar-refractivity contribution in [3.63, 3.8) is 0 Å². The van der Waals surface area contributed by atoms with Crippen LogP contribution in [-0.4, -0.2) is 20.3 Å². The number of nitro groups is 1. The van der Waals surface area contributed by atoms with Gasteiger partial charge in [-0.2, -0.15) is 0 Å². The van der Waals surface area contributed by atoms with Gasteiger partial charge < -0.3 is 13.9 Å². The molecule has 2 aromatic carbocycles. The van der Waals surface area contributed by atoms with Crippen molar-refractivity contribution in [2.24, 2.45) is 0 Å². The van der Waals surface area contributed by atoms with Crippen LogP contribution < -0.4 is 0 Å². The van der Waals surface area contributed by atoms with E-state index in [-0.39, 0.29) is 11.6 Å². The summed E-state index contributed by atoms with van der Waals surface area (Å²) in [7, 11) is 0. The molecule has 0 aliphatic carbocycles. The highest BCUT2D eigenvalue weighted by atomic mass is 16.6. The van der Waals surface area contributed by atoms with Gasteiger partial charge in [-0.1, -0.05) is 30.3 Å². The van der Waals surface area contributed by atoms with Gasteiger partial charge in [-0.25, -0.2) is 0 Å². The number of carbonyl (C=O) groups is 1. The fraction of sp³-hybridized carbons (Fsp3) is 0.125. The molecule has 4 aromatic rings. The van der Waals surface area contributed by atoms with Crippen molar-refractivity contribution in [1.29, 1.82) is 0 Å². The molecule has 0 aliphatic rings. The van der Waals surface area contributed by atoms with Gasteiger partial charge in [0, 0.05) is 36.1 Å². The van der Waals surface area contributed by atoms with Crippen LogP contribution in [0.4, 0.5) is 5.69 Å². The van der Waals surface area contributed by atoms with Crippen molar-refractivity contribution in [3.8, 4) is 0 Å². The number of non-ortho nitro benzene ring substituents is 1. The van der Waals surface area contributed by atoms with Gasteiger partial charge in [0.15, 0.2) is 0 Å². The summed E-state index contributed by atoms with van der Waals surface area (Å²) in [5, 5.41) is 10.9. The number of hydrogen-bond acceptors (Lipinski definition) is 4. The minimum absolute atomic E-state index is 0.0501. The summed E-state index contributed by atoms with van der Waals surface area (Å²) in [5.74, 6) is 0.440. The number of benzene rings is 2. The maximum atomic E-state index is 13.3. The third-order valence-corrected chi connectivity index (χ3v) is 5.01. The Hall–Kier alpha value is -4.13. The van der Waals surface area contributed by atoms with E-state index in [0.717, 1.165) is 5.69 Å². The first-order valence-electron chi connectivity index (χ1n) is 9.84. The Morgan fingerprint density at radius 3 is 2.39 bits per heavy atom. The Bertz CT molecular complexity index is 1150. The van der Waals surface area contributed by atoms with Gasteiger partial charge in [0.05, 0.1) is 24.3 Å². The molecule has 4 rings (SSSR count). The van der Waals surface area contributed by atoms with E-state index in [2.05, 4.69) is 16.7 Å². The highest BCUT2D eigenvalue weighted by Gasteiger charge is 2.20. The van der Waals surface area contributed by atoms with Crippen LogP contribution in [0.5, 0.6) is 0 Å². The predicted octanol–water partition coefficient (Wildman–Crippen LogP) is 4.88. The zero-order valence-electron chi connectivity index (χ0n) is 16.8. The number of nitro benzene ring substituents is 1. The first-order chi connectivity index (χ1) is 15.1. The summed E-state index contributed by atoms with van der Waals surface area (Å²) in [5.41, 5.74) is 2.48. The summed E-state index contributed by atoms with van der Waals surface area (Å²) >= 11 is 0. The number of carbonyl (C=O) groups excluding carboxylic acids is 1. The average molecular weight is 415 g/mol. The van der Waals surface area contributed by atoms with E-state index >= 15 is 0 Å². The molecule has 1 amide bonds. The zero-order valence-corrected chi connectivity index (χ0v) is 16.8. The summed E-state index contributed by atoms with van der Waals surface area (Å²) in [4.78, 5) is 25.4. The highest BCUT2D eigenvalue weighted by Crippen LogP contribution is 2.18. The molecular weight excluding hydrogens is 394 g/mol. The first kappa shape index (κ1) is 20.2. The smallest absolute Gasteiger partial charge is 0.269 e. The molecule has 7 nitrogen and oxygen atoms in total. The van der Waals surface area contributed by atoms with Crippen molar-refractivity contribution in [2.75, 3.05) is 0 Å². The van der Waals surface area contributed by atoms with Gasteiger partial charge in [0.2, 0.25) is 0 Å². The van der Waals surface area contributed by atoms with Crippen LogP contribution >= 0.6 is 0 Å². The monoisotopic (exact) mass is 415 g/mol. The van der Waals surface area contributed by atoms with Crippen molar-refractivity contribution < 1.29 is 14.1 Å². The molecule has 0 N–H and O–H groups in total. The Balaban J connectivity index is 1.58. The maximum Gasteiger partial charge on any atom is 0.269 e. The minimum Gasteiger partial charge on any atom is -0.467 e. The molecule has 0 atom stereocenters. The van der Waals surface area contributed by atoms with Crippen LogP contribution in [0.3, 0.4) is 0 Å². The summed E-state index contributed by atoms with van der Waals surface area (Å²) in [6.07, 6.45) is 3.56. The number of nitrogens with zero attached hydrogens (tertiary/aromatic N) is 3. The standard InChI is InChI=1S/C24H21N3O4/c28-24(20-10-12-21(13-11-20)27(29)30)26(18-23-9-5-15-31-23)17-22-8-4-14-25(22)16-19-6-2-1-3-7-19/h1-15H,16-18H2. The number of aromatic nitrogens is 1. The van der Waals surface area contributed by atoms with Crippen LogP contribution in [0.2, 0.25) is 0 Å². The normalized spacial score (nSPS) is 10.7. The molecule has 2 aromatic heterocycles. The number of furan rings is 1. The molecule has 31 heavy (non-hydrogen) atoms. The van der Waals surface area contributed by atoms with E-state index in [1.54, 1.807) is 17.2 Å². The first-order valence-corrected chi connectivity index (χ1v) is 9.84. The van der Waals surface area contributed by atoms with E-state index in [4.69, 9.17) is 4.42 Å². The van der Waals surface area contributed by atoms with E-state index in [1.165, 1.54) is 29.8 Å². The van der Waals surface area contributed by atoms with E-state index in [1.807, 2.05) is 42.6 Å². The lowest BCUT2D eigenvalue weighted by Gasteiger charge is -2.23. The van der Waals surface area contributed by atoms with Crippen LogP contribution in [0.25, 0.3) is 0 Å². The van der Waals surface area contributed by atoms with Gasteiger partial charge in [0.1, 0.15) is 5.76 Å². The lowest BCUT2D eigenvalue weighted by atomic mass is 10.1. The number of amides is 1. The fourth-order valence-electron chi connectivity index (χ4n) is 3.42. The van der Waals surface area contributed by atoms with Gasteiger partial charge >= 0.3 is 0 Å². The van der Waals surface area contributed by atoms with Gasteiger partial charge in [-0.3, -0.25) is 14.9 Å². The highest BCUT2D eigenvalue weighted by molar-refractivity contribution is 5.94. The lowest BCUT2D eigenvalue weighted by Crippen LogP contribution is -2.31. The van der Waals surface area contributed by atoms with Crippen molar-refractivity contribution in [3.05, 3.63) is 124 Å². The molecule has 0 spiro atoms. The second kappa shape index (κ2) is 9.13. The molecule has 0 saturated carbocycles. The summed E-state index contributed by atoms with van der Waals surface area (Å²) in [6.45, 7) is 1.36. The Labute approximate surface area is 179 Å². The van der Waals surface area contributed by atoms with E-state index in [0.29, 0.717) is 31.0 Å². The quantitative estimate of drug-likeness (QED) is 0.303. The third-order valence-electron chi connectivity index (χ3n) is 5.01. The van der Waals surface area contributed by atoms with Crippen molar-refractivity contribution in [2.45, 2.75) is 19.6 Å². The predicted molar refractivity (Wildman–Crippen MR) is 115 cm³/mol. The summed E-state index contributed by atoms with van der Waals surface area (Å²) in [6, 6.07) is 23.3. The zero-order chi connectivity index (χ0) is 21.6. The molecule has 0 bridgehead atoms. The minimum atomic E-state index is -0.481. The molecular formula is C24H21N3O4. The molecule has 0 unspecified atom stereocenters. The van der Waals surface area contributed by atoms with E-state index in [9.17, 15) is 14.9 Å². The van der Waals surface area contributed by atoms with Crippen LogP contribution in [-0.2, 0) is 19.6 Å². The average Bonchev–Trinajstić information content (AvgIpc) is 3.46. The maximum absolute atomic E-state index is 13.3. The van der Waals surface area contributed by atoms with Crippen LogP contribution in [0.15, 0.2) is 95.7 Å². The summed E-state index contributed by atoms with van der Waals surface area (Å²) < 4.78 is 7.56. The van der Waals surface area contributed by atoms with Gasteiger partial charge in [0.25, 0.3) is 11.6 Å². The Morgan fingerprint density at radius 2 is 1.71 bits per heavy atom. The molecule has 0 saturated heterocycles. The van der Waals surface area contributed by atoms with Crippen molar-refractivity contribution in [1.82, 2.24) is 9.47 Å². The van der Waals surface area contributed by atoms with Gasteiger partial charge in [-0.05, 0) is 42.0 Å².